The molecule has 10 nitrogen and oxygen atoms in total. The van der Waals surface area contributed by atoms with Gasteiger partial charge in [0.05, 0.1) is 24.7 Å². The molecular formula is C13H14NNaO9S. The Bertz CT molecular complexity index is 774. The van der Waals surface area contributed by atoms with Crippen LogP contribution in [0.2, 0.25) is 0 Å². The summed E-state index contributed by atoms with van der Waals surface area (Å²) in [4.78, 5) is 46.4. The van der Waals surface area contributed by atoms with Crippen LogP contribution in [-0.2, 0) is 38.5 Å². The molecule has 0 N–H and O–H groups in total. The molecule has 132 valence electrons. The number of amides is 1. The van der Waals surface area contributed by atoms with Crippen molar-refractivity contribution in [1.29, 1.82) is 0 Å². The quantitative estimate of drug-likeness (QED) is 0.200. The standard InChI is InChI=1S/C13H15NO9S.Na/c1-6(15)23-5-13(2)9(12(18)19)14-10(17)7(4-8(16)22-3)11(14)24(13,20)21;/h4,9,11H,5H2,1-3H3,(H,18,19);/q;+1/p-1/b7-4+;/t9-,11+,13-;/m0./s1. The molecule has 0 bridgehead atoms. The molecule has 3 atom stereocenters. The number of carbonyl (C=O) groups excluding carboxylic acids is 4. The SMILES string of the molecule is COC(=O)/C=C1\C(=O)N2[C@@H](C(=O)[O-])[C@](C)(COC(C)=O)S(=O)(=O)[C@H]12.[Na+]. The van der Waals surface area contributed by atoms with E-state index >= 15 is 0 Å². The zero-order valence-corrected chi connectivity index (χ0v) is 16.8. The molecule has 0 spiro atoms. The van der Waals surface area contributed by atoms with Crippen molar-refractivity contribution < 1.29 is 71.7 Å². The first-order chi connectivity index (χ1) is 11.0. The number of aliphatic carboxylic acids is 1. The van der Waals surface area contributed by atoms with Crippen LogP contribution in [0.4, 0.5) is 0 Å². The van der Waals surface area contributed by atoms with Crippen LogP contribution in [0.3, 0.4) is 0 Å². The minimum absolute atomic E-state index is 0. The zero-order chi connectivity index (χ0) is 18.4. The molecule has 0 aromatic carbocycles. The van der Waals surface area contributed by atoms with Crippen molar-refractivity contribution in [3.8, 4) is 0 Å². The predicted molar refractivity (Wildman–Crippen MR) is 73.5 cm³/mol. The molecule has 0 aromatic rings. The summed E-state index contributed by atoms with van der Waals surface area (Å²) in [7, 11) is -3.28. The number of fused-ring (bicyclic) bond motifs is 1. The monoisotopic (exact) mass is 383 g/mol. The number of methoxy groups -OCH3 is 1. The molecule has 2 aliphatic heterocycles. The van der Waals surface area contributed by atoms with Crippen molar-refractivity contribution in [2.24, 2.45) is 0 Å². The molecule has 0 saturated carbocycles. The van der Waals surface area contributed by atoms with E-state index in [2.05, 4.69) is 9.47 Å². The average Bonchev–Trinajstić information content (AvgIpc) is 2.65. The Morgan fingerprint density at radius 1 is 1.36 bits per heavy atom. The first-order valence-electron chi connectivity index (χ1n) is 6.69. The van der Waals surface area contributed by atoms with Gasteiger partial charge in [0.15, 0.2) is 15.2 Å². The van der Waals surface area contributed by atoms with Gasteiger partial charge in [-0.2, -0.15) is 0 Å². The molecule has 2 rings (SSSR count). The number of β-lactam (4-membered cyclic amide) rings is 1. The largest absolute Gasteiger partial charge is 1.00 e. The van der Waals surface area contributed by atoms with Crippen molar-refractivity contribution in [1.82, 2.24) is 4.90 Å². The van der Waals surface area contributed by atoms with Gasteiger partial charge in [-0.3, -0.25) is 9.59 Å². The predicted octanol–water partition coefficient (Wildman–Crippen LogP) is -5.87. The van der Waals surface area contributed by atoms with Crippen molar-refractivity contribution >= 4 is 33.7 Å². The van der Waals surface area contributed by atoms with E-state index in [-0.39, 0.29) is 29.6 Å². The Balaban J connectivity index is 0.00000312. The fourth-order valence-corrected chi connectivity index (χ4v) is 5.08. The van der Waals surface area contributed by atoms with Crippen molar-refractivity contribution in [2.75, 3.05) is 13.7 Å². The Kier molecular flexibility index (Phi) is 6.10. The van der Waals surface area contributed by atoms with Gasteiger partial charge in [0, 0.05) is 13.0 Å². The van der Waals surface area contributed by atoms with Crippen molar-refractivity contribution in [3.05, 3.63) is 11.6 Å². The fraction of sp³-hybridized carbons (Fsp3) is 0.538. The van der Waals surface area contributed by atoms with Crippen LogP contribution in [-0.4, -0.2) is 67.0 Å². The number of esters is 2. The van der Waals surface area contributed by atoms with Crippen LogP contribution < -0.4 is 34.7 Å². The Hall–Kier alpha value is -1.43. The zero-order valence-electron chi connectivity index (χ0n) is 14.0. The normalized spacial score (nSPS) is 30.8. The number of hydrogen-bond acceptors (Lipinski definition) is 9. The molecule has 2 fully saturated rings. The van der Waals surface area contributed by atoms with E-state index in [0.29, 0.717) is 11.0 Å². The van der Waals surface area contributed by atoms with E-state index in [4.69, 9.17) is 0 Å². The summed E-state index contributed by atoms with van der Waals surface area (Å²) in [6, 6.07) is -1.85. The third kappa shape index (κ3) is 3.09. The van der Waals surface area contributed by atoms with Gasteiger partial charge in [0.2, 0.25) is 0 Å². The fourth-order valence-electron chi connectivity index (χ4n) is 2.81. The maximum Gasteiger partial charge on any atom is 1.00 e. The molecular weight excluding hydrogens is 369 g/mol. The first kappa shape index (κ1) is 21.6. The topological polar surface area (TPSA) is 147 Å². The molecule has 0 radical (unpaired) electrons. The van der Waals surface area contributed by atoms with E-state index in [0.717, 1.165) is 21.0 Å². The van der Waals surface area contributed by atoms with Crippen LogP contribution in [0.1, 0.15) is 13.8 Å². The summed E-state index contributed by atoms with van der Waals surface area (Å²) in [6.45, 7) is 1.31. The third-order valence-electron chi connectivity index (χ3n) is 4.06. The second-order valence-electron chi connectivity index (χ2n) is 5.55. The molecule has 0 unspecified atom stereocenters. The molecule has 2 heterocycles. The minimum Gasteiger partial charge on any atom is -0.548 e. The van der Waals surface area contributed by atoms with Crippen LogP contribution in [0.15, 0.2) is 11.6 Å². The first-order valence-corrected chi connectivity index (χ1v) is 8.23. The number of sulfone groups is 1. The summed E-state index contributed by atoms with van der Waals surface area (Å²) >= 11 is 0. The van der Waals surface area contributed by atoms with Gasteiger partial charge in [-0.1, -0.05) is 0 Å². The van der Waals surface area contributed by atoms with Crippen LogP contribution >= 0.6 is 0 Å². The number of nitrogens with zero attached hydrogens (tertiary/aromatic N) is 1. The van der Waals surface area contributed by atoms with Crippen LogP contribution in [0, 0.1) is 0 Å². The van der Waals surface area contributed by atoms with Crippen LogP contribution in [0.25, 0.3) is 0 Å². The molecule has 0 aliphatic carbocycles. The molecule has 25 heavy (non-hydrogen) atoms. The van der Waals surface area contributed by atoms with E-state index in [9.17, 15) is 32.7 Å². The summed E-state index contributed by atoms with van der Waals surface area (Å²) in [6.07, 6.45) is 0.699. The summed E-state index contributed by atoms with van der Waals surface area (Å²) in [5.74, 6) is -4.50. The van der Waals surface area contributed by atoms with Gasteiger partial charge in [0.1, 0.15) is 11.4 Å². The van der Waals surface area contributed by atoms with Gasteiger partial charge < -0.3 is 24.3 Å². The van der Waals surface area contributed by atoms with Crippen molar-refractivity contribution in [2.45, 2.75) is 30.0 Å². The third-order valence-corrected chi connectivity index (χ3v) is 6.77. The Labute approximate surface area is 165 Å². The van der Waals surface area contributed by atoms with Gasteiger partial charge in [-0.05, 0) is 6.92 Å². The summed E-state index contributed by atoms with van der Waals surface area (Å²) in [5.41, 5.74) is -0.403. The number of hydrogen-bond donors (Lipinski definition) is 0. The number of carbonyl (C=O) groups is 4. The molecule has 12 heteroatoms. The second-order valence-corrected chi connectivity index (χ2v) is 8.02. The van der Waals surface area contributed by atoms with Gasteiger partial charge >= 0.3 is 41.5 Å². The summed E-state index contributed by atoms with van der Waals surface area (Å²) < 4.78 is 32.4. The smallest absolute Gasteiger partial charge is 0.548 e. The number of carboxylic acids is 1. The Morgan fingerprint density at radius 3 is 2.36 bits per heavy atom. The van der Waals surface area contributed by atoms with Crippen LogP contribution in [0.5, 0.6) is 0 Å². The maximum atomic E-state index is 12.8. The van der Waals surface area contributed by atoms with Crippen molar-refractivity contribution in [3.63, 3.8) is 0 Å². The molecule has 0 aromatic heterocycles. The van der Waals surface area contributed by atoms with E-state index in [1.54, 1.807) is 0 Å². The van der Waals surface area contributed by atoms with Gasteiger partial charge in [-0.15, -0.1) is 0 Å². The molecule has 1 amide bonds. The Morgan fingerprint density at radius 2 is 1.92 bits per heavy atom. The molecule has 2 saturated heterocycles. The number of ether oxygens (including phenoxy) is 2. The van der Waals surface area contributed by atoms with Gasteiger partial charge in [0.25, 0.3) is 5.91 Å². The second kappa shape index (κ2) is 7.06. The maximum absolute atomic E-state index is 12.8. The molecule has 2 aliphatic rings. The number of carboxylic acid groups (broad SMARTS) is 1. The van der Waals surface area contributed by atoms with Gasteiger partial charge in [-0.25, -0.2) is 13.2 Å². The summed E-state index contributed by atoms with van der Waals surface area (Å²) in [5, 5.41) is 9.82. The number of rotatable bonds is 4. The minimum atomic E-state index is -4.32. The van der Waals surface area contributed by atoms with E-state index in [1.807, 2.05) is 0 Å². The average molecular weight is 383 g/mol. The van der Waals surface area contributed by atoms with E-state index in [1.165, 1.54) is 0 Å². The van der Waals surface area contributed by atoms with E-state index < -0.39 is 62.0 Å².